The fraction of sp³-hybridized carbons (Fsp3) is 0.227. The van der Waals surface area contributed by atoms with Crippen LogP contribution in [0.25, 0.3) is 10.9 Å². The Morgan fingerprint density at radius 1 is 1.19 bits per heavy atom. The lowest BCUT2D eigenvalue weighted by molar-refractivity contribution is -0.137. The summed E-state index contributed by atoms with van der Waals surface area (Å²) in [5.74, 6) is -1.19. The van der Waals surface area contributed by atoms with Crippen LogP contribution >= 0.6 is 23.4 Å². The van der Waals surface area contributed by atoms with Crippen molar-refractivity contribution >= 4 is 52.0 Å². The molecule has 10 heteroatoms. The Bertz CT molecular complexity index is 1220. The van der Waals surface area contributed by atoms with E-state index in [0.29, 0.717) is 28.8 Å². The van der Waals surface area contributed by atoms with Gasteiger partial charge in [-0.25, -0.2) is 4.39 Å². The number of hydrogen-bond donors (Lipinski definition) is 2. The summed E-state index contributed by atoms with van der Waals surface area (Å²) in [4.78, 5) is 39.0. The summed E-state index contributed by atoms with van der Waals surface area (Å²) in [6.45, 7) is 0.338. The van der Waals surface area contributed by atoms with Crippen molar-refractivity contribution in [2.45, 2.75) is 18.5 Å². The number of benzene rings is 2. The van der Waals surface area contributed by atoms with Gasteiger partial charge < -0.3 is 20.5 Å². The number of carbonyl (C=O) groups is 3. The number of carbonyl (C=O) groups excluding carboxylic acids is 3. The topological polar surface area (TPSA) is 97.4 Å². The molecular weight excluding hydrogens is 455 g/mol. The Morgan fingerprint density at radius 2 is 1.97 bits per heavy atom. The molecule has 32 heavy (non-hydrogen) atoms. The first kappa shape index (κ1) is 22.2. The van der Waals surface area contributed by atoms with E-state index >= 15 is 0 Å². The second kappa shape index (κ2) is 9.22. The summed E-state index contributed by atoms with van der Waals surface area (Å²) >= 11 is 7.13. The summed E-state index contributed by atoms with van der Waals surface area (Å²) in [7, 11) is 0. The van der Waals surface area contributed by atoms with E-state index in [9.17, 15) is 18.8 Å². The van der Waals surface area contributed by atoms with Crippen molar-refractivity contribution in [3.8, 4) is 0 Å². The van der Waals surface area contributed by atoms with Crippen LogP contribution in [0.2, 0.25) is 5.02 Å². The Morgan fingerprint density at radius 3 is 2.75 bits per heavy atom. The molecule has 3 aromatic rings. The minimum Gasteiger partial charge on any atom is -0.366 e. The Balaban J connectivity index is 1.47. The van der Waals surface area contributed by atoms with Gasteiger partial charge in [0.25, 0.3) is 11.8 Å². The third-order valence-corrected chi connectivity index (χ3v) is 6.77. The first-order chi connectivity index (χ1) is 15.4. The molecule has 3 N–H and O–H groups in total. The van der Waals surface area contributed by atoms with E-state index in [2.05, 4.69) is 5.32 Å². The van der Waals surface area contributed by atoms with Crippen molar-refractivity contribution in [1.29, 1.82) is 0 Å². The second-order valence-corrected chi connectivity index (χ2v) is 8.89. The van der Waals surface area contributed by atoms with Crippen molar-refractivity contribution in [3.63, 3.8) is 0 Å². The number of nitrogens with zero attached hydrogens (tertiary/aromatic N) is 2. The van der Waals surface area contributed by atoms with Crippen LogP contribution in [-0.4, -0.2) is 44.9 Å². The lowest BCUT2D eigenvalue weighted by atomic mass is 10.2. The van der Waals surface area contributed by atoms with Crippen LogP contribution in [0.5, 0.6) is 0 Å². The molecule has 2 aromatic carbocycles. The minimum absolute atomic E-state index is 0.0157. The molecule has 2 heterocycles. The van der Waals surface area contributed by atoms with Gasteiger partial charge in [-0.05, 0) is 12.1 Å². The average molecular weight is 475 g/mol. The lowest BCUT2D eigenvalue weighted by Crippen LogP contribution is -2.45. The summed E-state index contributed by atoms with van der Waals surface area (Å²) in [6, 6.07) is 11.8. The third kappa shape index (κ3) is 4.31. The molecule has 1 aromatic heterocycles. The zero-order valence-electron chi connectivity index (χ0n) is 16.9. The first-order valence-corrected chi connectivity index (χ1v) is 11.3. The van der Waals surface area contributed by atoms with Crippen LogP contribution < -0.4 is 11.1 Å². The zero-order chi connectivity index (χ0) is 22.8. The van der Waals surface area contributed by atoms with E-state index in [1.54, 1.807) is 41.1 Å². The zero-order valence-corrected chi connectivity index (χ0v) is 18.5. The molecule has 0 spiro atoms. The molecule has 1 saturated heterocycles. The highest BCUT2D eigenvalue weighted by Gasteiger charge is 2.35. The number of aromatic nitrogens is 1. The predicted octanol–water partition coefficient (Wildman–Crippen LogP) is 2.75. The van der Waals surface area contributed by atoms with E-state index in [1.807, 2.05) is 6.07 Å². The van der Waals surface area contributed by atoms with E-state index in [0.717, 1.165) is 0 Å². The fourth-order valence-electron chi connectivity index (χ4n) is 3.71. The van der Waals surface area contributed by atoms with E-state index < -0.39 is 17.1 Å². The SMILES string of the molecule is NC(=O)c1cn(CC(=O)N2CCSC2C(=O)NCc2cccc(Cl)c2F)c2ccccc12. The number of amides is 3. The lowest BCUT2D eigenvalue weighted by Gasteiger charge is -2.23. The first-order valence-electron chi connectivity index (χ1n) is 9.86. The number of primary amides is 1. The maximum absolute atomic E-state index is 14.1. The molecule has 0 bridgehead atoms. The standard InChI is InChI=1S/C22H20ClFN4O3S/c23-16-6-3-4-13(19(16)24)10-26-21(31)22-28(8-9-32-22)18(29)12-27-11-15(20(25)30)14-5-1-2-7-17(14)27/h1-7,11,22H,8-10,12H2,(H2,25,30)(H,26,31). The highest BCUT2D eigenvalue weighted by atomic mass is 35.5. The predicted molar refractivity (Wildman–Crippen MR) is 122 cm³/mol. The summed E-state index contributed by atoms with van der Waals surface area (Å²) in [6.07, 6.45) is 1.56. The van der Waals surface area contributed by atoms with Gasteiger partial charge in [-0.3, -0.25) is 14.4 Å². The van der Waals surface area contributed by atoms with Gasteiger partial charge in [0, 0.05) is 41.5 Å². The molecule has 1 aliphatic heterocycles. The monoisotopic (exact) mass is 474 g/mol. The van der Waals surface area contributed by atoms with Gasteiger partial charge >= 0.3 is 0 Å². The van der Waals surface area contributed by atoms with Gasteiger partial charge in [0.1, 0.15) is 12.4 Å². The van der Waals surface area contributed by atoms with Crippen LogP contribution in [0.15, 0.2) is 48.7 Å². The van der Waals surface area contributed by atoms with Crippen molar-refractivity contribution in [3.05, 3.63) is 70.6 Å². The highest BCUT2D eigenvalue weighted by molar-refractivity contribution is 8.00. The molecule has 1 atom stereocenters. The number of halogens is 2. The maximum Gasteiger partial charge on any atom is 0.253 e. The number of nitrogens with two attached hydrogens (primary N) is 1. The van der Waals surface area contributed by atoms with Crippen molar-refractivity contribution in [1.82, 2.24) is 14.8 Å². The third-order valence-electron chi connectivity index (χ3n) is 5.28. The fourth-order valence-corrected chi connectivity index (χ4v) is 5.06. The van der Waals surface area contributed by atoms with Crippen LogP contribution in [0, 0.1) is 5.82 Å². The molecule has 1 unspecified atom stereocenters. The number of para-hydroxylation sites is 1. The summed E-state index contributed by atoms with van der Waals surface area (Å²) < 4.78 is 15.7. The Kier molecular flexibility index (Phi) is 6.38. The molecule has 0 radical (unpaired) electrons. The van der Waals surface area contributed by atoms with E-state index in [-0.39, 0.29) is 35.5 Å². The molecule has 1 aliphatic rings. The molecule has 0 saturated carbocycles. The van der Waals surface area contributed by atoms with Gasteiger partial charge in [-0.2, -0.15) is 0 Å². The Labute approximate surface area is 192 Å². The smallest absolute Gasteiger partial charge is 0.253 e. The highest BCUT2D eigenvalue weighted by Crippen LogP contribution is 2.26. The minimum atomic E-state index is -0.720. The van der Waals surface area contributed by atoms with Gasteiger partial charge in [0.15, 0.2) is 5.37 Å². The average Bonchev–Trinajstić information content (AvgIpc) is 3.40. The maximum atomic E-state index is 14.1. The summed E-state index contributed by atoms with van der Waals surface area (Å²) in [5, 5.41) is 2.62. The van der Waals surface area contributed by atoms with Crippen molar-refractivity contribution in [2.75, 3.05) is 12.3 Å². The van der Waals surface area contributed by atoms with Gasteiger partial charge in [-0.1, -0.05) is 41.9 Å². The van der Waals surface area contributed by atoms with Crippen molar-refractivity contribution < 1.29 is 18.8 Å². The molecule has 4 rings (SSSR count). The van der Waals surface area contributed by atoms with E-state index in [4.69, 9.17) is 17.3 Å². The van der Waals surface area contributed by atoms with Crippen LogP contribution in [0.3, 0.4) is 0 Å². The molecule has 7 nitrogen and oxygen atoms in total. The number of nitrogens with one attached hydrogen (secondary N) is 1. The van der Waals surface area contributed by atoms with Crippen LogP contribution in [0.1, 0.15) is 15.9 Å². The second-order valence-electron chi connectivity index (χ2n) is 7.29. The number of fused-ring (bicyclic) bond motifs is 1. The molecule has 3 amide bonds. The van der Waals surface area contributed by atoms with Crippen LogP contribution in [0.4, 0.5) is 4.39 Å². The Hall–Kier alpha value is -3.04. The number of rotatable bonds is 6. The van der Waals surface area contributed by atoms with Gasteiger partial charge in [0.05, 0.1) is 10.6 Å². The van der Waals surface area contributed by atoms with Gasteiger partial charge in [0.2, 0.25) is 5.91 Å². The van der Waals surface area contributed by atoms with Crippen LogP contribution in [-0.2, 0) is 22.7 Å². The van der Waals surface area contributed by atoms with E-state index in [1.165, 1.54) is 22.7 Å². The van der Waals surface area contributed by atoms with Gasteiger partial charge in [-0.15, -0.1) is 11.8 Å². The molecule has 166 valence electrons. The summed E-state index contributed by atoms with van der Waals surface area (Å²) in [5.41, 5.74) is 6.78. The molecule has 0 aliphatic carbocycles. The number of thioether (sulfide) groups is 1. The normalized spacial score (nSPS) is 15.8. The number of hydrogen-bond acceptors (Lipinski definition) is 4. The molecular formula is C22H20ClFN4O3S. The molecule has 1 fully saturated rings. The quantitative estimate of drug-likeness (QED) is 0.574. The van der Waals surface area contributed by atoms with Crippen molar-refractivity contribution in [2.24, 2.45) is 5.73 Å². The largest absolute Gasteiger partial charge is 0.366 e.